The van der Waals surface area contributed by atoms with Crippen LogP contribution in [0.1, 0.15) is 18.1 Å². The van der Waals surface area contributed by atoms with E-state index in [1.807, 2.05) is 0 Å². The molecule has 0 N–H and O–H groups in total. The summed E-state index contributed by atoms with van der Waals surface area (Å²) in [6.45, 7) is 2.20. The number of benzene rings is 3. The summed E-state index contributed by atoms with van der Waals surface area (Å²) >= 11 is 3.77. The Morgan fingerprint density at radius 1 is 0.905 bits per heavy atom. The number of allylic oxidation sites excluding steroid dienone is 1. The van der Waals surface area contributed by atoms with Crippen LogP contribution in [0.15, 0.2) is 64.6 Å². The van der Waals surface area contributed by atoms with Crippen LogP contribution in [0.25, 0.3) is 28.0 Å². The SMILES string of the molecule is CC1=Cc2cc(-c3cccc4ccccc34)c(Br)cc2C1. The molecule has 1 aliphatic rings. The number of fused-ring (bicyclic) bond motifs is 2. The van der Waals surface area contributed by atoms with Gasteiger partial charge in [0.1, 0.15) is 0 Å². The van der Waals surface area contributed by atoms with Gasteiger partial charge in [-0.2, -0.15) is 0 Å². The second-order valence-corrected chi connectivity index (χ2v) is 6.58. The molecule has 0 unspecified atom stereocenters. The normalized spacial score (nSPS) is 13.3. The third-order valence-electron chi connectivity index (χ3n) is 4.18. The van der Waals surface area contributed by atoms with E-state index >= 15 is 0 Å². The molecule has 0 fully saturated rings. The molecule has 0 saturated carbocycles. The molecule has 4 rings (SSSR count). The fourth-order valence-corrected chi connectivity index (χ4v) is 3.81. The lowest BCUT2D eigenvalue weighted by molar-refractivity contribution is 1.19. The first-order valence-corrected chi connectivity index (χ1v) is 7.99. The summed E-state index contributed by atoms with van der Waals surface area (Å²) in [7, 11) is 0. The molecule has 102 valence electrons. The molecular weight excluding hydrogens is 320 g/mol. The predicted molar refractivity (Wildman–Crippen MR) is 94.4 cm³/mol. The molecule has 3 aromatic rings. The molecule has 0 aliphatic heterocycles. The van der Waals surface area contributed by atoms with Gasteiger partial charge in [0.25, 0.3) is 0 Å². The van der Waals surface area contributed by atoms with Crippen molar-refractivity contribution in [2.75, 3.05) is 0 Å². The first-order chi connectivity index (χ1) is 10.2. The van der Waals surface area contributed by atoms with Crippen LogP contribution in [0.5, 0.6) is 0 Å². The third-order valence-corrected chi connectivity index (χ3v) is 4.84. The smallest absolute Gasteiger partial charge is 0.0257 e. The maximum Gasteiger partial charge on any atom is 0.0257 e. The highest BCUT2D eigenvalue weighted by Gasteiger charge is 2.15. The van der Waals surface area contributed by atoms with Gasteiger partial charge < -0.3 is 0 Å². The monoisotopic (exact) mass is 334 g/mol. The van der Waals surface area contributed by atoms with Gasteiger partial charge in [-0.05, 0) is 58.5 Å². The summed E-state index contributed by atoms with van der Waals surface area (Å²) in [6, 6.07) is 19.7. The van der Waals surface area contributed by atoms with E-state index < -0.39 is 0 Å². The van der Waals surface area contributed by atoms with Gasteiger partial charge in [0.15, 0.2) is 0 Å². The van der Waals surface area contributed by atoms with Gasteiger partial charge in [-0.3, -0.25) is 0 Å². The Morgan fingerprint density at radius 3 is 2.62 bits per heavy atom. The molecule has 0 aromatic heterocycles. The molecule has 0 atom stereocenters. The number of hydrogen-bond donors (Lipinski definition) is 0. The van der Waals surface area contributed by atoms with E-state index in [0.717, 1.165) is 6.42 Å². The Hall–Kier alpha value is -1.86. The largest absolute Gasteiger partial charge is 0.0683 e. The summed E-state index contributed by atoms with van der Waals surface area (Å²) < 4.78 is 1.18. The summed E-state index contributed by atoms with van der Waals surface area (Å²) in [5.74, 6) is 0. The van der Waals surface area contributed by atoms with Crippen LogP contribution in [-0.4, -0.2) is 0 Å². The zero-order valence-corrected chi connectivity index (χ0v) is 13.4. The third kappa shape index (κ3) is 2.13. The Kier molecular flexibility index (Phi) is 2.97. The van der Waals surface area contributed by atoms with Crippen LogP contribution in [0.2, 0.25) is 0 Å². The molecule has 0 amide bonds. The van der Waals surface area contributed by atoms with Gasteiger partial charge in [-0.15, -0.1) is 0 Å². The van der Waals surface area contributed by atoms with E-state index in [9.17, 15) is 0 Å². The van der Waals surface area contributed by atoms with Crippen molar-refractivity contribution >= 4 is 32.8 Å². The van der Waals surface area contributed by atoms with Crippen LogP contribution in [0.4, 0.5) is 0 Å². The molecule has 0 spiro atoms. The van der Waals surface area contributed by atoms with E-state index in [-0.39, 0.29) is 0 Å². The topological polar surface area (TPSA) is 0 Å². The molecule has 0 radical (unpaired) electrons. The molecular formula is C20H15Br. The van der Waals surface area contributed by atoms with Crippen molar-refractivity contribution in [1.29, 1.82) is 0 Å². The molecule has 0 saturated heterocycles. The number of hydrogen-bond acceptors (Lipinski definition) is 0. The first-order valence-electron chi connectivity index (χ1n) is 7.20. The van der Waals surface area contributed by atoms with Crippen molar-refractivity contribution < 1.29 is 0 Å². The van der Waals surface area contributed by atoms with E-state index in [2.05, 4.69) is 83.5 Å². The lowest BCUT2D eigenvalue weighted by Crippen LogP contribution is -1.88. The maximum absolute atomic E-state index is 3.77. The molecule has 0 bridgehead atoms. The van der Waals surface area contributed by atoms with Crippen LogP contribution in [0.3, 0.4) is 0 Å². The van der Waals surface area contributed by atoms with Crippen molar-refractivity contribution in [3.8, 4) is 11.1 Å². The highest BCUT2D eigenvalue weighted by Crippen LogP contribution is 2.38. The number of halogens is 1. The van der Waals surface area contributed by atoms with E-state index in [4.69, 9.17) is 0 Å². The van der Waals surface area contributed by atoms with Crippen molar-refractivity contribution in [1.82, 2.24) is 0 Å². The summed E-state index contributed by atoms with van der Waals surface area (Å²) in [4.78, 5) is 0. The minimum Gasteiger partial charge on any atom is -0.0683 e. The Labute approximate surface area is 133 Å². The van der Waals surface area contributed by atoms with Gasteiger partial charge in [-0.1, -0.05) is 70.0 Å². The van der Waals surface area contributed by atoms with E-state index in [1.165, 1.54) is 43.1 Å². The van der Waals surface area contributed by atoms with Crippen molar-refractivity contribution in [2.45, 2.75) is 13.3 Å². The minimum absolute atomic E-state index is 1.07. The highest BCUT2D eigenvalue weighted by atomic mass is 79.9. The molecule has 1 heteroatoms. The molecule has 1 aliphatic carbocycles. The molecule has 21 heavy (non-hydrogen) atoms. The van der Waals surface area contributed by atoms with Gasteiger partial charge >= 0.3 is 0 Å². The second kappa shape index (κ2) is 4.85. The Balaban J connectivity index is 1.99. The van der Waals surface area contributed by atoms with Crippen LogP contribution < -0.4 is 0 Å². The number of rotatable bonds is 1. The predicted octanol–water partition coefficient (Wildman–Crippen LogP) is 6.23. The van der Waals surface area contributed by atoms with Crippen molar-refractivity contribution in [3.63, 3.8) is 0 Å². The minimum atomic E-state index is 1.07. The van der Waals surface area contributed by atoms with Crippen LogP contribution in [-0.2, 0) is 6.42 Å². The van der Waals surface area contributed by atoms with Gasteiger partial charge in [0, 0.05) is 4.47 Å². The molecule has 0 heterocycles. The van der Waals surface area contributed by atoms with Gasteiger partial charge in [0.2, 0.25) is 0 Å². The lowest BCUT2D eigenvalue weighted by Gasteiger charge is -2.11. The first kappa shape index (κ1) is 12.8. The fraction of sp³-hybridized carbons (Fsp3) is 0.100. The maximum atomic E-state index is 3.77. The summed E-state index contributed by atoms with van der Waals surface area (Å²) in [5.41, 5.74) is 6.78. The van der Waals surface area contributed by atoms with Crippen LogP contribution in [0, 0.1) is 0 Å². The zero-order chi connectivity index (χ0) is 14.4. The summed E-state index contributed by atoms with van der Waals surface area (Å²) in [5, 5.41) is 2.59. The quantitative estimate of drug-likeness (QED) is 0.494. The van der Waals surface area contributed by atoms with Crippen molar-refractivity contribution in [3.05, 3.63) is 75.8 Å². The average molecular weight is 335 g/mol. The molecule has 0 nitrogen and oxygen atoms in total. The highest BCUT2D eigenvalue weighted by molar-refractivity contribution is 9.10. The van der Waals surface area contributed by atoms with E-state index in [1.54, 1.807) is 0 Å². The van der Waals surface area contributed by atoms with Crippen LogP contribution >= 0.6 is 15.9 Å². The second-order valence-electron chi connectivity index (χ2n) is 5.73. The fourth-order valence-electron chi connectivity index (χ4n) is 3.20. The van der Waals surface area contributed by atoms with E-state index in [0.29, 0.717) is 0 Å². The zero-order valence-electron chi connectivity index (χ0n) is 11.9. The van der Waals surface area contributed by atoms with Gasteiger partial charge in [-0.25, -0.2) is 0 Å². The lowest BCUT2D eigenvalue weighted by atomic mass is 9.96. The Morgan fingerprint density at radius 2 is 1.71 bits per heavy atom. The Bertz CT molecular complexity index is 882. The standard InChI is InChI=1S/C20H15Br/c1-13-9-15-11-19(20(21)12-16(15)10-13)18-8-4-6-14-5-2-3-7-17(14)18/h2-9,11-12H,10H2,1H3. The van der Waals surface area contributed by atoms with Crippen molar-refractivity contribution in [2.24, 2.45) is 0 Å². The molecule has 3 aromatic carbocycles. The average Bonchev–Trinajstić information content (AvgIpc) is 2.85. The van der Waals surface area contributed by atoms with Gasteiger partial charge in [0.05, 0.1) is 0 Å². The summed E-state index contributed by atoms with van der Waals surface area (Å²) in [6.07, 6.45) is 3.38.